The van der Waals surface area contributed by atoms with E-state index in [0.29, 0.717) is 39.1 Å². The van der Waals surface area contributed by atoms with Gasteiger partial charge in [-0.05, 0) is 42.8 Å². The topological polar surface area (TPSA) is 83.2 Å². The molecule has 7 nitrogen and oxygen atoms in total. The second kappa shape index (κ2) is 9.33. The number of carbonyl (C=O) groups is 2. The first-order chi connectivity index (χ1) is 15.5. The Morgan fingerprint density at radius 1 is 1.16 bits per heavy atom. The number of ketones is 1. The molecule has 0 unspecified atom stereocenters. The minimum absolute atomic E-state index is 0.00403. The van der Waals surface area contributed by atoms with Gasteiger partial charge in [0.1, 0.15) is 0 Å². The summed E-state index contributed by atoms with van der Waals surface area (Å²) in [7, 11) is 1.30. The van der Waals surface area contributed by atoms with Crippen molar-refractivity contribution in [2.24, 2.45) is 0 Å². The third-order valence-electron chi connectivity index (χ3n) is 4.86. The predicted molar refractivity (Wildman–Crippen MR) is 122 cm³/mol. The van der Waals surface area contributed by atoms with E-state index in [2.05, 4.69) is 4.98 Å². The first kappa shape index (κ1) is 21.7. The SMILES string of the molecule is COC(=O)c1cc(-n2ccccc2=O)ccc1-n1cnc(CCC(=O)c2ccc(Cl)s2)c1. The number of aromatic nitrogens is 3. The van der Waals surface area contributed by atoms with Gasteiger partial charge in [0.15, 0.2) is 5.78 Å². The highest BCUT2D eigenvalue weighted by atomic mass is 35.5. The molecule has 0 aliphatic heterocycles. The lowest BCUT2D eigenvalue weighted by Gasteiger charge is -2.12. The van der Waals surface area contributed by atoms with Gasteiger partial charge in [-0.15, -0.1) is 11.3 Å². The van der Waals surface area contributed by atoms with Crippen molar-refractivity contribution in [3.63, 3.8) is 0 Å². The van der Waals surface area contributed by atoms with Gasteiger partial charge in [0.2, 0.25) is 0 Å². The van der Waals surface area contributed by atoms with Gasteiger partial charge in [-0.2, -0.15) is 0 Å². The number of aryl methyl sites for hydroxylation is 1. The number of thiophene rings is 1. The number of methoxy groups -OCH3 is 1. The minimum atomic E-state index is -0.536. The van der Waals surface area contributed by atoms with E-state index in [1.807, 2.05) is 0 Å². The van der Waals surface area contributed by atoms with Crippen molar-refractivity contribution >= 4 is 34.7 Å². The third-order valence-corrected chi connectivity index (χ3v) is 6.13. The number of carbonyl (C=O) groups excluding carboxylic acids is 2. The highest BCUT2D eigenvalue weighted by Crippen LogP contribution is 2.24. The van der Waals surface area contributed by atoms with Crippen molar-refractivity contribution in [1.29, 1.82) is 0 Å². The van der Waals surface area contributed by atoms with Crippen molar-refractivity contribution in [1.82, 2.24) is 14.1 Å². The average molecular weight is 468 g/mol. The number of imidazole rings is 1. The highest BCUT2D eigenvalue weighted by molar-refractivity contribution is 7.18. The maximum Gasteiger partial charge on any atom is 0.340 e. The summed E-state index contributed by atoms with van der Waals surface area (Å²) < 4.78 is 8.66. The normalized spacial score (nSPS) is 10.8. The lowest BCUT2D eigenvalue weighted by atomic mass is 10.1. The molecule has 1 aromatic carbocycles. The molecule has 0 aliphatic rings. The van der Waals surface area contributed by atoms with E-state index in [1.54, 1.807) is 65.8 Å². The highest BCUT2D eigenvalue weighted by Gasteiger charge is 2.16. The largest absolute Gasteiger partial charge is 0.465 e. The Kier molecular flexibility index (Phi) is 6.34. The van der Waals surface area contributed by atoms with E-state index in [0.717, 1.165) is 0 Å². The van der Waals surface area contributed by atoms with Gasteiger partial charge in [-0.1, -0.05) is 17.7 Å². The molecule has 0 N–H and O–H groups in total. The van der Waals surface area contributed by atoms with Crippen molar-refractivity contribution in [3.8, 4) is 11.4 Å². The molecule has 0 fully saturated rings. The van der Waals surface area contributed by atoms with Crippen LogP contribution in [0, 0.1) is 0 Å². The quantitative estimate of drug-likeness (QED) is 0.298. The van der Waals surface area contributed by atoms with Crippen molar-refractivity contribution in [3.05, 3.63) is 98.1 Å². The van der Waals surface area contributed by atoms with Crippen LogP contribution in [0.4, 0.5) is 0 Å². The summed E-state index contributed by atoms with van der Waals surface area (Å²) in [4.78, 5) is 41.9. The van der Waals surface area contributed by atoms with Crippen LogP contribution in [0.3, 0.4) is 0 Å². The fourth-order valence-electron chi connectivity index (χ4n) is 3.27. The van der Waals surface area contributed by atoms with E-state index in [-0.39, 0.29) is 16.9 Å². The number of esters is 1. The van der Waals surface area contributed by atoms with Crippen LogP contribution >= 0.6 is 22.9 Å². The molecular formula is C23H18ClN3O4S. The monoisotopic (exact) mass is 467 g/mol. The first-order valence-electron chi connectivity index (χ1n) is 9.68. The Labute approximate surface area is 192 Å². The summed E-state index contributed by atoms with van der Waals surface area (Å²) in [6.45, 7) is 0. The summed E-state index contributed by atoms with van der Waals surface area (Å²) in [6.07, 6.45) is 5.73. The molecule has 9 heteroatoms. The van der Waals surface area contributed by atoms with Crippen LogP contribution < -0.4 is 5.56 Å². The molecule has 0 spiro atoms. The molecular weight excluding hydrogens is 450 g/mol. The molecule has 0 atom stereocenters. The smallest absolute Gasteiger partial charge is 0.340 e. The van der Waals surface area contributed by atoms with Crippen LogP contribution in [0.2, 0.25) is 4.34 Å². The number of pyridine rings is 1. The van der Waals surface area contributed by atoms with Crippen LogP contribution in [0.25, 0.3) is 11.4 Å². The van der Waals surface area contributed by atoms with E-state index in [4.69, 9.17) is 16.3 Å². The number of benzene rings is 1. The maximum atomic E-state index is 12.5. The molecule has 3 aromatic heterocycles. The number of hydrogen-bond acceptors (Lipinski definition) is 6. The molecule has 0 radical (unpaired) electrons. The molecule has 0 bridgehead atoms. The Hall–Kier alpha value is -3.49. The predicted octanol–water partition coefficient (Wildman–Crippen LogP) is 4.34. The molecule has 4 aromatic rings. The Bertz CT molecular complexity index is 1360. The van der Waals surface area contributed by atoms with Crippen LogP contribution in [-0.2, 0) is 11.2 Å². The standard InChI is InChI=1S/C23H18ClN3O4S/c1-31-23(30)17-12-16(27-11-3-2-4-22(27)29)6-7-18(17)26-13-15(25-14-26)5-8-19(28)20-9-10-21(24)32-20/h2-4,6-7,9-14H,5,8H2,1H3. The molecule has 32 heavy (non-hydrogen) atoms. The molecule has 0 amide bonds. The zero-order valence-electron chi connectivity index (χ0n) is 17.0. The lowest BCUT2D eigenvalue weighted by molar-refractivity contribution is 0.0600. The summed E-state index contributed by atoms with van der Waals surface area (Å²) in [6, 6.07) is 13.3. The van der Waals surface area contributed by atoms with Crippen LogP contribution in [-0.4, -0.2) is 33.0 Å². The third kappa shape index (κ3) is 4.56. The van der Waals surface area contributed by atoms with Crippen LogP contribution in [0.1, 0.15) is 32.1 Å². The molecule has 4 rings (SSSR count). The summed E-state index contributed by atoms with van der Waals surface area (Å²) in [5.41, 5.74) is 1.88. The number of halogens is 1. The van der Waals surface area contributed by atoms with Crippen LogP contribution in [0.15, 0.2) is 72.0 Å². The Morgan fingerprint density at radius 3 is 2.72 bits per heavy atom. The summed E-state index contributed by atoms with van der Waals surface area (Å²) in [5.74, 6) is -0.532. The zero-order valence-corrected chi connectivity index (χ0v) is 18.6. The number of ether oxygens (including phenoxy) is 1. The molecule has 0 aliphatic carbocycles. The Morgan fingerprint density at radius 2 is 2.00 bits per heavy atom. The fourth-order valence-corrected chi connectivity index (χ4v) is 4.28. The number of rotatable bonds is 7. The van der Waals surface area contributed by atoms with Gasteiger partial charge < -0.3 is 9.30 Å². The fraction of sp³-hybridized carbons (Fsp3) is 0.130. The van der Waals surface area contributed by atoms with Gasteiger partial charge in [-0.25, -0.2) is 9.78 Å². The van der Waals surface area contributed by atoms with Gasteiger partial charge >= 0.3 is 5.97 Å². The Balaban J connectivity index is 1.60. The molecule has 162 valence electrons. The minimum Gasteiger partial charge on any atom is -0.465 e. The van der Waals surface area contributed by atoms with Crippen molar-refractivity contribution in [2.45, 2.75) is 12.8 Å². The zero-order chi connectivity index (χ0) is 22.7. The maximum absolute atomic E-state index is 12.5. The van der Waals surface area contributed by atoms with E-state index >= 15 is 0 Å². The number of nitrogens with zero attached hydrogens (tertiary/aromatic N) is 3. The number of Topliss-reactive ketones (excluding diaryl/α,β-unsaturated/α-hetero) is 1. The first-order valence-corrected chi connectivity index (χ1v) is 10.9. The van der Waals surface area contributed by atoms with E-state index in [9.17, 15) is 14.4 Å². The van der Waals surface area contributed by atoms with Gasteiger partial charge in [0.05, 0.1) is 39.6 Å². The van der Waals surface area contributed by atoms with Gasteiger partial charge in [-0.3, -0.25) is 14.2 Å². The molecule has 0 saturated heterocycles. The number of hydrogen-bond donors (Lipinski definition) is 0. The van der Waals surface area contributed by atoms with Crippen molar-refractivity contribution < 1.29 is 14.3 Å². The molecule has 3 heterocycles. The molecule has 0 saturated carbocycles. The second-order valence-corrected chi connectivity index (χ2v) is 8.62. The second-order valence-electron chi connectivity index (χ2n) is 6.90. The van der Waals surface area contributed by atoms with Crippen molar-refractivity contribution in [2.75, 3.05) is 7.11 Å². The van der Waals surface area contributed by atoms with E-state index < -0.39 is 5.97 Å². The average Bonchev–Trinajstić information content (AvgIpc) is 3.46. The van der Waals surface area contributed by atoms with Gasteiger partial charge in [0.25, 0.3) is 5.56 Å². The lowest BCUT2D eigenvalue weighted by Crippen LogP contribution is -2.17. The van der Waals surface area contributed by atoms with E-state index in [1.165, 1.54) is 29.1 Å². The van der Waals surface area contributed by atoms with Crippen LogP contribution in [0.5, 0.6) is 0 Å². The summed E-state index contributed by atoms with van der Waals surface area (Å²) in [5, 5.41) is 0. The van der Waals surface area contributed by atoms with Gasteiger partial charge in [0, 0.05) is 30.6 Å². The summed E-state index contributed by atoms with van der Waals surface area (Å²) >= 11 is 7.15.